The average Bonchev–Trinajstić information content (AvgIpc) is 3.69. The Balaban J connectivity index is 1.41. The van der Waals surface area contributed by atoms with E-state index in [2.05, 4.69) is 25.0 Å². The van der Waals surface area contributed by atoms with E-state index < -0.39 is 36.0 Å². The molecule has 1 aromatic carbocycles. The Morgan fingerprint density at radius 3 is 2.72 bits per heavy atom. The van der Waals surface area contributed by atoms with Gasteiger partial charge in [0.2, 0.25) is 0 Å². The first-order valence-corrected chi connectivity index (χ1v) is 15.0. The predicted octanol–water partition coefficient (Wildman–Crippen LogP) is 6.12. The van der Waals surface area contributed by atoms with Crippen LogP contribution in [-0.4, -0.2) is 70.5 Å². The molecule has 16 heteroatoms. The zero-order valence-electron chi connectivity index (χ0n) is 25.1. The summed E-state index contributed by atoms with van der Waals surface area (Å²) in [6, 6.07) is 1.59. The number of pyridine rings is 1. The largest absolute Gasteiger partial charge is 0.462 e. The zero-order chi connectivity index (χ0) is 32.9. The lowest BCUT2D eigenvalue weighted by Gasteiger charge is -2.19. The number of nitrogens with one attached hydrogen (secondary N) is 1. The molecule has 1 amide bonds. The van der Waals surface area contributed by atoms with Gasteiger partial charge in [0.1, 0.15) is 28.8 Å². The Morgan fingerprint density at radius 2 is 2.00 bits per heavy atom. The second kappa shape index (κ2) is 12.2. The SMILES string of the molecule is CN1CC(OC(F)F)C[C@H]1COc1ncc2c3c(c(-c4ncc(F)c5sc(NC(=O)OC(C)(C)C)c(C#N)c45)c(F)c2n1)COC3. The van der Waals surface area contributed by atoms with E-state index >= 15 is 8.78 Å². The molecule has 0 saturated carbocycles. The number of hydrogen-bond donors (Lipinski definition) is 1. The molecule has 242 valence electrons. The Bertz CT molecular complexity index is 1890. The summed E-state index contributed by atoms with van der Waals surface area (Å²) in [7, 11) is 1.75. The molecule has 0 radical (unpaired) electrons. The summed E-state index contributed by atoms with van der Waals surface area (Å²) in [5.41, 5.74) is -0.0676. The van der Waals surface area contributed by atoms with Crippen LogP contribution in [0.4, 0.5) is 27.4 Å². The fraction of sp³-hybridized carbons (Fsp3) is 0.433. The fourth-order valence-corrected chi connectivity index (χ4v) is 6.74. The highest BCUT2D eigenvalue weighted by molar-refractivity contribution is 7.23. The van der Waals surface area contributed by atoms with Gasteiger partial charge in [0.25, 0.3) is 0 Å². The van der Waals surface area contributed by atoms with Gasteiger partial charge in [-0.05, 0) is 45.4 Å². The van der Waals surface area contributed by atoms with Gasteiger partial charge >= 0.3 is 18.7 Å². The van der Waals surface area contributed by atoms with Crippen LogP contribution in [-0.2, 0) is 27.4 Å². The van der Waals surface area contributed by atoms with Crippen LogP contribution in [0.1, 0.15) is 43.9 Å². The predicted molar refractivity (Wildman–Crippen MR) is 159 cm³/mol. The van der Waals surface area contributed by atoms with E-state index in [1.165, 1.54) is 6.20 Å². The van der Waals surface area contributed by atoms with E-state index in [4.69, 9.17) is 14.2 Å². The van der Waals surface area contributed by atoms with Crippen molar-refractivity contribution >= 4 is 43.4 Å². The molecule has 6 rings (SSSR count). The van der Waals surface area contributed by atoms with Gasteiger partial charge in [-0.2, -0.15) is 19.0 Å². The first-order valence-electron chi connectivity index (χ1n) is 14.2. The summed E-state index contributed by atoms with van der Waals surface area (Å²) in [6.45, 7) is 2.60. The maximum atomic E-state index is 16.6. The third kappa shape index (κ3) is 6.03. The second-order valence-corrected chi connectivity index (χ2v) is 12.9. The monoisotopic (exact) mass is 660 g/mol. The van der Waals surface area contributed by atoms with Crippen molar-refractivity contribution in [3.8, 4) is 23.3 Å². The third-order valence-electron chi connectivity index (χ3n) is 7.66. The van der Waals surface area contributed by atoms with Crippen LogP contribution in [0.15, 0.2) is 12.4 Å². The molecule has 2 aliphatic heterocycles. The summed E-state index contributed by atoms with van der Waals surface area (Å²) in [5.74, 6) is -1.57. The van der Waals surface area contributed by atoms with Crippen molar-refractivity contribution in [3.05, 3.63) is 40.7 Å². The molecule has 0 aliphatic carbocycles. The van der Waals surface area contributed by atoms with Crippen molar-refractivity contribution in [2.75, 3.05) is 25.5 Å². The number of alkyl halides is 2. The van der Waals surface area contributed by atoms with Crippen molar-refractivity contribution in [2.45, 2.75) is 64.8 Å². The van der Waals surface area contributed by atoms with Crippen LogP contribution in [0.25, 0.3) is 32.2 Å². The molecule has 0 bridgehead atoms. The van der Waals surface area contributed by atoms with Crippen LogP contribution in [0.2, 0.25) is 0 Å². The number of thiophene rings is 1. The molecular formula is C30H28F4N6O5S. The number of amides is 1. The quantitative estimate of drug-likeness (QED) is 0.231. The van der Waals surface area contributed by atoms with Gasteiger partial charge < -0.3 is 18.9 Å². The van der Waals surface area contributed by atoms with Crippen LogP contribution in [0, 0.1) is 23.0 Å². The Hall–Kier alpha value is -4.17. The van der Waals surface area contributed by atoms with Gasteiger partial charge in [-0.3, -0.25) is 15.2 Å². The number of nitrogens with zero attached hydrogens (tertiary/aromatic N) is 5. The molecular weight excluding hydrogens is 632 g/mol. The number of fused-ring (bicyclic) bond motifs is 4. The highest BCUT2D eigenvalue weighted by Crippen LogP contribution is 2.45. The Morgan fingerprint density at radius 1 is 1.24 bits per heavy atom. The van der Waals surface area contributed by atoms with Gasteiger partial charge in [-0.25, -0.2) is 18.6 Å². The van der Waals surface area contributed by atoms with E-state index in [9.17, 15) is 18.8 Å². The van der Waals surface area contributed by atoms with Crippen LogP contribution in [0.3, 0.4) is 0 Å². The number of aromatic nitrogens is 3. The highest BCUT2D eigenvalue weighted by atomic mass is 32.1. The van der Waals surface area contributed by atoms with Crippen molar-refractivity contribution in [2.24, 2.45) is 0 Å². The molecule has 1 unspecified atom stereocenters. The normalized spacial score (nSPS) is 18.3. The standard InChI is InChI=1S/C30H28F4N6O5S/c1-30(2,3)45-29(41)39-26-15(6-35)21-24(36-8-19(31)25(21)46-26)20-18-12-42-11-17(18)16-7-37-28(38-23(16)22(20)32)43-10-13-5-14(9-40(13)4)44-27(33)34/h7-8,13-14,27H,5,9-12H2,1-4H3,(H,39,41)/t13-,14?/m0/s1. The lowest BCUT2D eigenvalue weighted by molar-refractivity contribution is -0.158. The summed E-state index contributed by atoms with van der Waals surface area (Å²) in [4.78, 5) is 27.2. The van der Waals surface area contributed by atoms with Crippen LogP contribution in [0.5, 0.6) is 6.01 Å². The Kier molecular flexibility index (Phi) is 8.44. The summed E-state index contributed by atoms with van der Waals surface area (Å²) >= 11 is 0.802. The summed E-state index contributed by atoms with van der Waals surface area (Å²) in [5, 5.41) is 13.0. The van der Waals surface area contributed by atoms with E-state index in [0.29, 0.717) is 29.5 Å². The second-order valence-electron chi connectivity index (χ2n) is 11.9. The lowest BCUT2D eigenvalue weighted by Crippen LogP contribution is -2.31. The molecule has 2 aliphatic rings. The van der Waals surface area contributed by atoms with Crippen molar-refractivity contribution in [1.82, 2.24) is 19.9 Å². The van der Waals surface area contributed by atoms with E-state index in [-0.39, 0.29) is 69.3 Å². The number of carbonyl (C=O) groups excluding carboxylic acids is 1. The molecule has 1 saturated heterocycles. The fourth-order valence-electron chi connectivity index (χ4n) is 5.70. The minimum atomic E-state index is -2.88. The van der Waals surface area contributed by atoms with Crippen LogP contribution < -0.4 is 10.1 Å². The highest BCUT2D eigenvalue weighted by Gasteiger charge is 2.34. The summed E-state index contributed by atoms with van der Waals surface area (Å²) in [6.07, 6.45) is 1.14. The van der Waals surface area contributed by atoms with E-state index in [0.717, 1.165) is 17.5 Å². The molecule has 3 aromatic heterocycles. The molecule has 1 N–H and O–H groups in total. The lowest BCUT2D eigenvalue weighted by atomic mass is 9.94. The molecule has 46 heavy (non-hydrogen) atoms. The van der Waals surface area contributed by atoms with Gasteiger partial charge in [0.05, 0.1) is 41.5 Å². The third-order valence-corrected chi connectivity index (χ3v) is 8.77. The first-order chi connectivity index (χ1) is 21.8. The number of rotatable bonds is 7. The molecule has 0 spiro atoms. The first kappa shape index (κ1) is 31.8. The number of benzene rings is 1. The minimum absolute atomic E-state index is 0.0127. The zero-order valence-corrected chi connectivity index (χ0v) is 25.9. The molecule has 5 heterocycles. The van der Waals surface area contributed by atoms with Crippen molar-refractivity contribution in [3.63, 3.8) is 0 Å². The number of nitriles is 1. The average molecular weight is 661 g/mol. The smallest absolute Gasteiger partial charge is 0.412 e. The van der Waals surface area contributed by atoms with Gasteiger partial charge in [-0.15, -0.1) is 11.3 Å². The topological polar surface area (TPSA) is 132 Å². The van der Waals surface area contributed by atoms with Gasteiger partial charge in [0.15, 0.2) is 11.6 Å². The minimum Gasteiger partial charge on any atom is -0.462 e. The molecule has 4 aromatic rings. The van der Waals surface area contributed by atoms with Crippen LogP contribution >= 0.6 is 11.3 Å². The number of anilines is 1. The van der Waals surface area contributed by atoms with Gasteiger partial charge in [0, 0.05) is 35.1 Å². The number of hydrogen-bond acceptors (Lipinski definition) is 11. The van der Waals surface area contributed by atoms with E-state index in [1.54, 1.807) is 27.8 Å². The Labute approximate surface area is 264 Å². The van der Waals surface area contributed by atoms with Crippen molar-refractivity contribution < 1.29 is 41.3 Å². The molecule has 2 atom stereocenters. The summed E-state index contributed by atoms with van der Waals surface area (Å²) < 4.78 is 78.5. The number of halogens is 4. The number of likely N-dealkylation sites (N-methyl/N-ethyl adjacent to an activating group) is 1. The van der Waals surface area contributed by atoms with Gasteiger partial charge in [-0.1, -0.05) is 0 Å². The maximum Gasteiger partial charge on any atom is 0.412 e. The number of ether oxygens (including phenoxy) is 4. The number of likely N-dealkylation sites (tertiary alicyclic amines) is 1. The molecule has 11 nitrogen and oxygen atoms in total. The number of carbonyl (C=O) groups is 1. The maximum absolute atomic E-state index is 16.6. The van der Waals surface area contributed by atoms with Crippen molar-refractivity contribution in [1.29, 1.82) is 5.26 Å². The molecule has 1 fully saturated rings. The van der Waals surface area contributed by atoms with E-state index in [1.807, 2.05) is 11.0 Å².